The van der Waals surface area contributed by atoms with E-state index in [2.05, 4.69) is 15.6 Å². The third-order valence-corrected chi connectivity index (χ3v) is 5.22. The van der Waals surface area contributed by atoms with Crippen molar-refractivity contribution in [3.8, 4) is 11.4 Å². The molecule has 4 aromatic rings. The zero-order valence-corrected chi connectivity index (χ0v) is 16.5. The standard InChI is InChI=1S/C25H20N4O/c1-29-16-15-26-24(29)18-11-13-19(14-12-18)27-23(17-7-3-2-4-8-17)22-20-9-5-6-10-21(20)28-25(22)30/h2-16,27H,1H3,(H,28,30). The number of imidazole rings is 1. The molecule has 0 fully saturated rings. The Hall–Kier alpha value is -4.12. The van der Waals surface area contributed by atoms with Gasteiger partial charge in [0.15, 0.2) is 0 Å². The van der Waals surface area contributed by atoms with Crippen LogP contribution >= 0.6 is 0 Å². The fourth-order valence-electron chi connectivity index (χ4n) is 3.74. The Kier molecular flexibility index (Phi) is 4.41. The number of carbonyl (C=O) groups excluding carboxylic acids is 1. The van der Waals surface area contributed by atoms with E-state index in [4.69, 9.17) is 0 Å². The number of carbonyl (C=O) groups is 1. The Morgan fingerprint density at radius 3 is 2.40 bits per heavy atom. The van der Waals surface area contributed by atoms with Crippen molar-refractivity contribution >= 4 is 28.6 Å². The van der Waals surface area contributed by atoms with E-state index in [1.807, 2.05) is 96.7 Å². The first-order valence-electron chi connectivity index (χ1n) is 9.76. The van der Waals surface area contributed by atoms with Crippen LogP contribution in [0.25, 0.3) is 22.7 Å². The number of nitrogens with one attached hydrogen (secondary N) is 2. The summed E-state index contributed by atoms with van der Waals surface area (Å²) in [7, 11) is 1.97. The molecule has 2 heterocycles. The summed E-state index contributed by atoms with van der Waals surface area (Å²) in [4.78, 5) is 17.3. The van der Waals surface area contributed by atoms with E-state index in [9.17, 15) is 4.79 Å². The maximum Gasteiger partial charge on any atom is 0.258 e. The van der Waals surface area contributed by atoms with E-state index < -0.39 is 0 Å². The second kappa shape index (κ2) is 7.37. The predicted molar refractivity (Wildman–Crippen MR) is 121 cm³/mol. The van der Waals surface area contributed by atoms with Gasteiger partial charge in [-0.2, -0.15) is 0 Å². The zero-order valence-electron chi connectivity index (χ0n) is 16.5. The summed E-state index contributed by atoms with van der Waals surface area (Å²) in [5.41, 5.74) is 6.04. The Balaban J connectivity index is 1.58. The summed E-state index contributed by atoms with van der Waals surface area (Å²) in [5, 5.41) is 6.46. The molecule has 5 rings (SSSR count). The van der Waals surface area contributed by atoms with Gasteiger partial charge < -0.3 is 15.2 Å². The van der Waals surface area contributed by atoms with Crippen LogP contribution in [0.2, 0.25) is 0 Å². The molecule has 0 atom stereocenters. The first kappa shape index (κ1) is 17.9. The van der Waals surface area contributed by atoms with Gasteiger partial charge in [-0.25, -0.2) is 4.98 Å². The molecule has 2 N–H and O–H groups in total. The van der Waals surface area contributed by atoms with Crippen molar-refractivity contribution in [1.82, 2.24) is 9.55 Å². The van der Waals surface area contributed by atoms with Gasteiger partial charge in [0.2, 0.25) is 0 Å². The SMILES string of the molecule is Cn1ccnc1-c1ccc(NC(=C2C(=O)Nc3ccccc32)c2ccccc2)cc1. The van der Waals surface area contributed by atoms with Crippen LogP contribution in [0.4, 0.5) is 11.4 Å². The number of benzene rings is 3. The minimum Gasteiger partial charge on any atom is -0.354 e. The van der Waals surface area contributed by atoms with Crippen LogP contribution < -0.4 is 10.6 Å². The Labute approximate surface area is 174 Å². The highest BCUT2D eigenvalue weighted by atomic mass is 16.2. The third kappa shape index (κ3) is 3.16. The topological polar surface area (TPSA) is 59.0 Å². The van der Waals surface area contributed by atoms with Gasteiger partial charge in [-0.1, -0.05) is 48.5 Å². The van der Waals surface area contributed by atoms with E-state index >= 15 is 0 Å². The lowest BCUT2D eigenvalue weighted by atomic mass is 10.00. The summed E-state index contributed by atoms with van der Waals surface area (Å²) >= 11 is 0. The van der Waals surface area contributed by atoms with Gasteiger partial charge in [0.25, 0.3) is 5.91 Å². The molecule has 1 aliphatic heterocycles. The van der Waals surface area contributed by atoms with Gasteiger partial charge in [0.05, 0.1) is 11.3 Å². The molecule has 5 heteroatoms. The van der Waals surface area contributed by atoms with Crippen LogP contribution in [0, 0.1) is 0 Å². The molecule has 0 aliphatic carbocycles. The molecule has 1 aliphatic rings. The van der Waals surface area contributed by atoms with Crippen molar-refractivity contribution in [2.24, 2.45) is 7.05 Å². The molecule has 0 spiro atoms. The number of hydrogen-bond acceptors (Lipinski definition) is 3. The Morgan fingerprint density at radius 2 is 1.67 bits per heavy atom. The molecule has 0 bridgehead atoms. The number of amides is 1. The molecular weight excluding hydrogens is 372 g/mol. The summed E-state index contributed by atoms with van der Waals surface area (Å²) in [5.74, 6) is 0.805. The normalized spacial score (nSPS) is 14.2. The first-order valence-corrected chi connectivity index (χ1v) is 9.76. The second-order valence-corrected chi connectivity index (χ2v) is 7.18. The highest BCUT2D eigenvalue weighted by Crippen LogP contribution is 2.37. The minimum atomic E-state index is -0.104. The molecule has 146 valence electrons. The van der Waals surface area contributed by atoms with Crippen LogP contribution in [0.1, 0.15) is 11.1 Å². The average Bonchev–Trinajstić information content (AvgIpc) is 3.35. The van der Waals surface area contributed by atoms with Gasteiger partial charge in [0, 0.05) is 41.9 Å². The van der Waals surface area contributed by atoms with Crippen LogP contribution in [0.5, 0.6) is 0 Å². The zero-order chi connectivity index (χ0) is 20.5. The van der Waals surface area contributed by atoms with E-state index in [0.29, 0.717) is 5.57 Å². The van der Waals surface area contributed by atoms with E-state index in [1.54, 1.807) is 6.20 Å². The van der Waals surface area contributed by atoms with Crippen LogP contribution in [0.15, 0.2) is 91.3 Å². The summed E-state index contributed by atoms with van der Waals surface area (Å²) < 4.78 is 1.99. The Bertz CT molecular complexity index is 1250. The Morgan fingerprint density at radius 1 is 0.933 bits per heavy atom. The van der Waals surface area contributed by atoms with Gasteiger partial charge >= 0.3 is 0 Å². The summed E-state index contributed by atoms with van der Waals surface area (Å²) in [6.07, 6.45) is 3.71. The lowest BCUT2D eigenvalue weighted by Gasteiger charge is -2.15. The van der Waals surface area contributed by atoms with E-state index in [1.165, 1.54) is 0 Å². The molecule has 0 saturated heterocycles. The third-order valence-electron chi connectivity index (χ3n) is 5.22. The van der Waals surface area contributed by atoms with Crippen LogP contribution in [-0.4, -0.2) is 15.5 Å². The maximum absolute atomic E-state index is 12.9. The number of aromatic nitrogens is 2. The molecule has 0 unspecified atom stereocenters. The summed E-state index contributed by atoms with van der Waals surface area (Å²) in [6, 6.07) is 25.8. The predicted octanol–water partition coefficient (Wildman–Crippen LogP) is 5.02. The summed E-state index contributed by atoms with van der Waals surface area (Å²) in [6.45, 7) is 0. The van der Waals surface area contributed by atoms with Crippen molar-refractivity contribution < 1.29 is 4.79 Å². The smallest absolute Gasteiger partial charge is 0.258 e. The number of hydrogen-bond donors (Lipinski definition) is 2. The highest BCUT2D eigenvalue weighted by molar-refractivity contribution is 6.37. The van der Waals surface area contributed by atoms with Crippen molar-refractivity contribution in [2.75, 3.05) is 10.6 Å². The fourth-order valence-corrected chi connectivity index (χ4v) is 3.74. The van der Waals surface area contributed by atoms with E-state index in [0.717, 1.165) is 39.6 Å². The van der Waals surface area contributed by atoms with Gasteiger partial charge in [-0.3, -0.25) is 4.79 Å². The lowest BCUT2D eigenvalue weighted by Crippen LogP contribution is -2.10. The molecule has 1 aromatic heterocycles. The largest absolute Gasteiger partial charge is 0.354 e. The van der Waals surface area contributed by atoms with Crippen LogP contribution in [-0.2, 0) is 11.8 Å². The molecule has 3 aromatic carbocycles. The van der Waals surface area contributed by atoms with Crippen molar-refractivity contribution in [3.63, 3.8) is 0 Å². The number of nitrogens with zero attached hydrogens (tertiary/aromatic N) is 2. The maximum atomic E-state index is 12.9. The average molecular weight is 392 g/mol. The quantitative estimate of drug-likeness (QED) is 0.480. The van der Waals surface area contributed by atoms with Gasteiger partial charge in [-0.05, 0) is 35.9 Å². The minimum absolute atomic E-state index is 0.104. The monoisotopic (exact) mass is 392 g/mol. The van der Waals surface area contributed by atoms with E-state index in [-0.39, 0.29) is 5.91 Å². The number of para-hydroxylation sites is 1. The van der Waals surface area contributed by atoms with Crippen molar-refractivity contribution in [3.05, 3.63) is 102 Å². The van der Waals surface area contributed by atoms with Crippen molar-refractivity contribution in [1.29, 1.82) is 0 Å². The first-order chi connectivity index (χ1) is 14.7. The molecule has 0 saturated carbocycles. The number of fused-ring (bicyclic) bond motifs is 1. The molecule has 1 amide bonds. The van der Waals surface area contributed by atoms with Crippen LogP contribution in [0.3, 0.4) is 0 Å². The number of anilines is 2. The second-order valence-electron chi connectivity index (χ2n) is 7.18. The van der Waals surface area contributed by atoms with Gasteiger partial charge in [0.1, 0.15) is 5.82 Å². The molecule has 0 radical (unpaired) electrons. The lowest BCUT2D eigenvalue weighted by molar-refractivity contribution is -0.110. The molecular formula is C25H20N4O. The van der Waals surface area contributed by atoms with Crippen molar-refractivity contribution in [2.45, 2.75) is 0 Å². The highest BCUT2D eigenvalue weighted by Gasteiger charge is 2.28. The molecule has 30 heavy (non-hydrogen) atoms. The number of rotatable bonds is 4. The van der Waals surface area contributed by atoms with Gasteiger partial charge in [-0.15, -0.1) is 0 Å². The number of aryl methyl sites for hydroxylation is 1. The fraction of sp³-hybridized carbons (Fsp3) is 0.0400. The molecule has 5 nitrogen and oxygen atoms in total.